The predicted molar refractivity (Wildman–Crippen MR) is 122 cm³/mol. The van der Waals surface area contributed by atoms with Crippen LogP contribution in [0.4, 0.5) is 18.9 Å². The molecule has 182 valence electrons. The Morgan fingerprint density at radius 1 is 0.971 bits per heavy atom. The molecule has 2 aromatic heterocycles. The molecular formula is C24H23F3N6O2. The molecule has 0 bridgehead atoms. The van der Waals surface area contributed by atoms with Crippen molar-refractivity contribution in [3.63, 3.8) is 0 Å². The van der Waals surface area contributed by atoms with E-state index < -0.39 is 6.36 Å². The zero-order valence-corrected chi connectivity index (χ0v) is 19.0. The molecule has 8 nitrogen and oxygen atoms in total. The summed E-state index contributed by atoms with van der Waals surface area (Å²) in [5, 5.41) is 8.44. The first kappa shape index (κ1) is 22.9. The van der Waals surface area contributed by atoms with Gasteiger partial charge in [-0.3, -0.25) is 0 Å². The lowest BCUT2D eigenvalue weighted by Crippen LogP contribution is -2.29. The first-order valence-electron chi connectivity index (χ1n) is 11.3. The van der Waals surface area contributed by atoms with Crippen LogP contribution < -0.4 is 9.64 Å². The highest BCUT2D eigenvalue weighted by Gasteiger charge is 2.31. The van der Waals surface area contributed by atoms with E-state index in [1.54, 1.807) is 4.68 Å². The number of aryl methyl sites for hydroxylation is 1. The molecule has 0 radical (unpaired) electrons. The zero-order valence-electron chi connectivity index (χ0n) is 19.0. The van der Waals surface area contributed by atoms with E-state index >= 15 is 0 Å². The molecule has 2 aromatic carbocycles. The summed E-state index contributed by atoms with van der Waals surface area (Å²) in [4.78, 5) is 11.2. The second-order valence-corrected chi connectivity index (χ2v) is 8.35. The molecule has 0 N–H and O–H groups in total. The van der Waals surface area contributed by atoms with Crippen LogP contribution in [0.15, 0.2) is 53.1 Å². The fourth-order valence-corrected chi connectivity index (χ4v) is 4.07. The lowest BCUT2D eigenvalue weighted by atomic mass is 10.1. The summed E-state index contributed by atoms with van der Waals surface area (Å²) in [7, 11) is 0. The van der Waals surface area contributed by atoms with Gasteiger partial charge in [0, 0.05) is 24.3 Å². The topological polar surface area (TPSA) is 82.1 Å². The van der Waals surface area contributed by atoms with Gasteiger partial charge in [0.25, 0.3) is 5.89 Å². The van der Waals surface area contributed by atoms with Crippen molar-refractivity contribution in [2.75, 3.05) is 18.0 Å². The summed E-state index contributed by atoms with van der Waals surface area (Å²) in [6, 6.07) is 13.7. The number of hydrogen-bond acceptors (Lipinski definition) is 7. The molecule has 1 aliphatic rings. The number of ether oxygens (including phenoxy) is 1. The third-order valence-corrected chi connectivity index (χ3v) is 5.78. The van der Waals surface area contributed by atoms with Crippen molar-refractivity contribution in [1.29, 1.82) is 0 Å². The van der Waals surface area contributed by atoms with Gasteiger partial charge in [-0.15, -0.1) is 18.3 Å². The normalized spacial score (nSPS) is 14.3. The molecule has 11 heteroatoms. The van der Waals surface area contributed by atoms with Gasteiger partial charge in [-0.25, -0.2) is 9.67 Å². The highest BCUT2D eigenvalue weighted by Crippen LogP contribution is 2.27. The van der Waals surface area contributed by atoms with Gasteiger partial charge in [-0.05, 0) is 68.1 Å². The summed E-state index contributed by atoms with van der Waals surface area (Å²) in [6.07, 6.45) is -1.04. The maximum Gasteiger partial charge on any atom is 0.573 e. The van der Waals surface area contributed by atoms with Gasteiger partial charge in [0.2, 0.25) is 11.6 Å². The SMILES string of the molecule is Cc1nc(-c2nc(-c3ccc(OC(F)(F)F)cc3)no2)nn1Cc1cccc(N2CCCCC2)c1. The predicted octanol–water partition coefficient (Wildman–Crippen LogP) is 5.24. The van der Waals surface area contributed by atoms with Gasteiger partial charge < -0.3 is 14.2 Å². The molecule has 3 heterocycles. The van der Waals surface area contributed by atoms with Gasteiger partial charge in [0.1, 0.15) is 11.6 Å². The van der Waals surface area contributed by atoms with Crippen molar-refractivity contribution >= 4 is 5.69 Å². The third-order valence-electron chi connectivity index (χ3n) is 5.78. The smallest absolute Gasteiger partial charge is 0.406 e. The second-order valence-electron chi connectivity index (χ2n) is 8.35. The van der Waals surface area contributed by atoms with Crippen LogP contribution in [-0.2, 0) is 6.54 Å². The van der Waals surface area contributed by atoms with Crippen molar-refractivity contribution in [3.05, 3.63) is 59.9 Å². The van der Waals surface area contributed by atoms with Crippen LogP contribution in [0.25, 0.3) is 23.1 Å². The Hall–Kier alpha value is -3.89. The molecule has 0 saturated carbocycles. The fourth-order valence-electron chi connectivity index (χ4n) is 4.07. The molecule has 0 aliphatic carbocycles. The lowest BCUT2D eigenvalue weighted by molar-refractivity contribution is -0.274. The van der Waals surface area contributed by atoms with E-state index in [1.807, 2.05) is 6.92 Å². The average Bonchev–Trinajstić information content (AvgIpc) is 3.47. The number of anilines is 1. The van der Waals surface area contributed by atoms with Gasteiger partial charge in [-0.1, -0.05) is 17.3 Å². The molecule has 0 amide bonds. The van der Waals surface area contributed by atoms with Crippen LogP contribution in [-0.4, -0.2) is 44.4 Å². The Labute approximate surface area is 199 Å². The molecule has 35 heavy (non-hydrogen) atoms. The van der Waals surface area contributed by atoms with Gasteiger partial charge >= 0.3 is 6.36 Å². The Bertz CT molecular complexity index is 1290. The Balaban J connectivity index is 1.30. The summed E-state index contributed by atoms with van der Waals surface area (Å²) in [6.45, 7) is 4.55. The zero-order chi connectivity index (χ0) is 24.4. The first-order valence-corrected chi connectivity index (χ1v) is 11.3. The molecule has 0 atom stereocenters. The summed E-state index contributed by atoms with van der Waals surface area (Å²) in [5.41, 5.74) is 2.80. The minimum absolute atomic E-state index is 0.125. The van der Waals surface area contributed by atoms with E-state index in [0.717, 1.165) is 18.7 Å². The second kappa shape index (κ2) is 9.40. The van der Waals surface area contributed by atoms with Crippen LogP contribution in [0.3, 0.4) is 0 Å². The van der Waals surface area contributed by atoms with Gasteiger partial charge in [0.15, 0.2) is 0 Å². The van der Waals surface area contributed by atoms with Crippen LogP contribution in [0.1, 0.15) is 30.7 Å². The Kier molecular flexibility index (Phi) is 6.14. The van der Waals surface area contributed by atoms with Crippen molar-refractivity contribution in [1.82, 2.24) is 24.9 Å². The van der Waals surface area contributed by atoms with Crippen molar-refractivity contribution in [3.8, 4) is 28.9 Å². The molecule has 0 spiro atoms. The largest absolute Gasteiger partial charge is 0.573 e. The third kappa shape index (κ3) is 5.44. The number of nitrogens with zero attached hydrogens (tertiary/aromatic N) is 6. The number of aromatic nitrogens is 5. The molecular weight excluding hydrogens is 461 g/mol. The Morgan fingerprint density at radius 2 is 1.74 bits per heavy atom. The van der Waals surface area contributed by atoms with E-state index in [1.165, 1.54) is 49.2 Å². The summed E-state index contributed by atoms with van der Waals surface area (Å²) >= 11 is 0. The number of alkyl halides is 3. The minimum Gasteiger partial charge on any atom is -0.406 e. The molecule has 1 fully saturated rings. The van der Waals surface area contributed by atoms with Crippen molar-refractivity contribution in [2.45, 2.75) is 39.1 Å². The standard InChI is InChI=1S/C24H23F3N6O2/c1-16-28-22(23-29-21(31-35-23)18-8-10-20(11-9-18)34-24(25,26)27)30-33(16)15-17-6-5-7-19(14-17)32-12-3-2-4-13-32/h5-11,14H,2-4,12-13,15H2,1H3. The lowest BCUT2D eigenvalue weighted by Gasteiger charge is -2.29. The molecule has 1 saturated heterocycles. The van der Waals surface area contributed by atoms with E-state index in [2.05, 4.69) is 54.1 Å². The highest BCUT2D eigenvalue weighted by molar-refractivity contribution is 5.58. The maximum absolute atomic E-state index is 12.4. The minimum atomic E-state index is -4.75. The number of hydrogen-bond donors (Lipinski definition) is 0. The van der Waals surface area contributed by atoms with E-state index in [0.29, 0.717) is 17.9 Å². The summed E-state index contributed by atoms with van der Waals surface area (Å²) in [5.74, 6) is 0.980. The molecule has 5 rings (SSSR count). The van der Waals surface area contributed by atoms with Crippen molar-refractivity contribution in [2.24, 2.45) is 0 Å². The average molecular weight is 484 g/mol. The quantitative estimate of drug-likeness (QED) is 0.370. The van der Waals surface area contributed by atoms with Gasteiger partial charge in [-0.2, -0.15) is 4.98 Å². The number of benzene rings is 2. The fraction of sp³-hybridized carbons (Fsp3) is 0.333. The number of rotatable bonds is 6. The number of halogens is 3. The van der Waals surface area contributed by atoms with Crippen LogP contribution >= 0.6 is 0 Å². The van der Waals surface area contributed by atoms with Crippen LogP contribution in [0, 0.1) is 6.92 Å². The van der Waals surface area contributed by atoms with Crippen LogP contribution in [0.2, 0.25) is 0 Å². The molecule has 0 unspecified atom stereocenters. The van der Waals surface area contributed by atoms with Gasteiger partial charge in [0.05, 0.1) is 6.54 Å². The van der Waals surface area contributed by atoms with E-state index in [9.17, 15) is 13.2 Å². The molecule has 4 aromatic rings. The van der Waals surface area contributed by atoms with Crippen LogP contribution in [0.5, 0.6) is 5.75 Å². The van der Waals surface area contributed by atoms with E-state index in [4.69, 9.17) is 4.52 Å². The Morgan fingerprint density at radius 3 is 2.49 bits per heavy atom. The van der Waals surface area contributed by atoms with E-state index in [-0.39, 0.29) is 23.3 Å². The molecule has 1 aliphatic heterocycles. The number of piperidine rings is 1. The summed E-state index contributed by atoms with van der Waals surface area (Å²) < 4.78 is 48.0. The van der Waals surface area contributed by atoms with Crippen molar-refractivity contribution < 1.29 is 22.4 Å². The highest BCUT2D eigenvalue weighted by atomic mass is 19.4. The maximum atomic E-state index is 12.4. The first-order chi connectivity index (χ1) is 16.8. The monoisotopic (exact) mass is 484 g/mol.